The van der Waals surface area contributed by atoms with Crippen LogP contribution in [0, 0.1) is 0 Å². The molecular formula is C10H14Cl2N2O2. The minimum absolute atomic E-state index is 0. The lowest BCUT2D eigenvalue weighted by molar-refractivity contribution is -0.119. The van der Waals surface area contributed by atoms with Crippen LogP contribution in [0.4, 0.5) is 0 Å². The molecular weight excluding hydrogens is 251 g/mol. The van der Waals surface area contributed by atoms with E-state index in [-0.39, 0.29) is 24.9 Å². The molecule has 1 amide bonds. The van der Waals surface area contributed by atoms with Gasteiger partial charge in [0.15, 0.2) is 0 Å². The highest BCUT2D eigenvalue weighted by molar-refractivity contribution is 6.32. The van der Waals surface area contributed by atoms with E-state index in [0.717, 1.165) is 5.56 Å². The molecule has 0 aliphatic rings. The summed E-state index contributed by atoms with van der Waals surface area (Å²) in [5.41, 5.74) is 6.06. The van der Waals surface area contributed by atoms with E-state index in [1.807, 2.05) is 6.07 Å². The van der Waals surface area contributed by atoms with Gasteiger partial charge in [0.2, 0.25) is 5.91 Å². The average molecular weight is 265 g/mol. The van der Waals surface area contributed by atoms with Gasteiger partial charge in [0.1, 0.15) is 5.75 Å². The number of hydrogen-bond donors (Lipinski definition) is 2. The summed E-state index contributed by atoms with van der Waals surface area (Å²) in [4.78, 5) is 10.9. The lowest BCUT2D eigenvalue weighted by Crippen LogP contribution is -2.29. The number of methoxy groups -OCH3 is 1. The molecule has 1 aromatic rings. The Morgan fingerprint density at radius 1 is 1.56 bits per heavy atom. The number of halogens is 2. The third-order valence-electron chi connectivity index (χ3n) is 1.89. The van der Waals surface area contributed by atoms with Crippen LogP contribution in [0.15, 0.2) is 18.2 Å². The van der Waals surface area contributed by atoms with Crippen molar-refractivity contribution in [1.29, 1.82) is 0 Å². The second kappa shape index (κ2) is 7.33. The maximum atomic E-state index is 10.9. The van der Waals surface area contributed by atoms with E-state index in [0.29, 0.717) is 17.3 Å². The Morgan fingerprint density at radius 2 is 2.25 bits per heavy atom. The van der Waals surface area contributed by atoms with Gasteiger partial charge in [-0.3, -0.25) is 4.79 Å². The smallest absolute Gasteiger partial charge is 0.234 e. The molecule has 0 saturated heterocycles. The van der Waals surface area contributed by atoms with E-state index < -0.39 is 0 Å². The van der Waals surface area contributed by atoms with Gasteiger partial charge >= 0.3 is 0 Å². The quantitative estimate of drug-likeness (QED) is 0.863. The van der Waals surface area contributed by atoms with Crippen molar-refractivity contribution in [3.63, 3.8) is 0 Å². The first-order chi connectivity index (χ1) is 7.17. The van der Waals surface area contributed by atoms with Crippen LogP contribution in [0.5, 0.6) is 5.75 Å². The Balaban J connectivity index is 0.00000225. The zero-order chi connectivity index (χ0) is 11.3. The lowest BCUT2D eigenvalue weighted by atomic mass is 10.2. The van der Waals surface area contributed by atoms with E-state index in [9.17, 15) is 4.79 Å². The summed E-state index contributed by atoms with van der Waals surface area (Å²) in [7, 11) is 1.55. The van der Waals surface area contributed by atoms with Crippen molar-refractivity contribution in [1.82, 2.24) is 5.32 Å². The summed E-state index contributed by atoms with van der Waals surface area (Å²) in [6.07, 6.45) is 0. The SMILES string of the molecule is COc1ccc(CNC(=O)CN)cc1Cl.Cl. The van der Waals surface area contributed by atoms with E-state index in [1.54, 1.807) is 19.2 Å². The first-order valence-corrected chi connectivity index (χ1v) is 4.84. The zero-order valence-electron chi connectivity index (χ0n) is 8.83. The van der Waals surface area contributed by atoms with Crippen LogP contribution >= 0.6 is 24.0 Å². The summed E-state index contributed by atoms with van der Waals surface area (Å²) in [5, 5.41) is 3.17. The van der Waals surface area contributed by atoms with Gasteiger partial charge in [-0.2, -0.15) is 0 Å². The first-order valence-electron chi connectivity index (χ1n) is 4.46. The maximum Gasteiger partial charge on any atom is 0.234 e. The van der Waals surface area contributed by atoms with Crippen molar-refractivity contribution in [2.45, 2.75) is 6.54 Å². The molecule has 0 spiro atoms. The second-order valence-corrected chi connectivity index (χ2v) is 3.36. The number of carbonyl (C=O) groups excluding carboxylic acids is 1. The molecule has 0 aliphatic heterocycles. The van der Waals surface area contributed by atoms with Crippen molar-refractivity contribution in [3.8, 4) is 5.75 Å². The van der Waals surface area contributed by atoms with Gasteiger partial charge in [0.25, 0.3) is 0 Å². The fraction of sp³-hybridized carbons (Fsp3) is 0.300. The Morgan fingerprint density at radius 3 is 2.75 bits per heavy atom. The molecule has 0 heterocycles. The monoisotopic (exact) mass is 264 g/mol. The molecule has 6 heteroatoms. The number of rotatable bonds is 4. The fourth-order valence-corrected chi connectivity index (χ4v) is 1.37. The topological polar surface area (TPSA) is 64.3 Å². The summed E-state index contributed by atoms with van der Waals surface area (Å²) >= 11 is 5.92. The van der Waals surface area contributed by atoms with Crippen LogP contribution in [0.3, 0.4) is 0 Å². The van der Waals surface area contributed by atoms with Crippen molar-refractivity contribution < 1.29 is 9.53 Å². The number of benzene rings is 1. The second-order valence-electron chi connectivity index (χ2n) is 2.95. The first kappa shape index (κ1) is 15.0. The number of nitrogens with one attached hydrogen (secondary N) is 1. The number of amides is 1. The summed E-state index contributed by atoms with van der Waals surface area (Å²) < 4.78 is 5.01. The van der Waals surface area contributed by atoms with E-state index in [4.69, 9.17) is 22.1 Å². The third kappa shape index (κ3) is 4.26. The Kier molecular flexibility index (Phi) is 6.88. The van der Waals surface area contributed by atoms with Crippen molar-refractivity contribution >= 4 is 29.9 Å². The molecule has 0 fully saturated rings. The highest BCUT2D eigenvalue weighted by Gasteiger charge is 2.02. The predicted molar refractivity (Wildman–Crippen MR) is 66.2 cm³/mol. The van der Waals surface area contributed by atoms with Gasteiger partial charge in [0.05, 0.1) is 18.7 Å². The van der Waals surface area contributed by atoms with Gasteiger partial charge in [-0.05, 0) is 17.7 Å². The van der Waals surface area contributed by atoms with Crippen LogP contribution in [0.2, 0.25) is 5.02 Å². The van der Waals surface area contributed by atoms with E-state index in [2.05, 4.69) is 5.32 Å². The van der Waals surface area contributed by atoms with Crippen LogP contribution in [-0.2, 0) is 11.3 Å². The highest BCUT2D eigenvalue weighted by atomic mass is 35.5. The lowest BCUT2D eigenvalue weighted by Gasteiger charge is -2.06. The Bertz CT molecular complexity index is 359. The summed E-state index contributed by atoms with van der Waals surface area (Å²) in [5.74, 6) is 0.424. The predicted octanol–water partition coefficient (Wildman–Crippen LogP) is 1.35. The molecule has 0 radical (unpaired) electrons. The molecule has 0 saturated carbocycles. The van der Waals surface area contributed by atoms with Gasteiger partial charge < -0.3 is 15.8 Å². The number of nitrogens with two attached hydrogens (primary N) is 1. The third-order valence-corrected chi connectivity index (χ3v) is 2.19. The normalized spacial score (nSPS) is 9.19. The highest BCUT2D eigenvalue weighted by Crippen LogP contribution is 2.24. The fourth-order valence-electron chi connectivity index (χ4n) is 1.09. The van der Waals surface area contributed by atoms with E-state index in [1.165, 1.54) is 0 Å². The van der Waals surface area contributed by atoms with Crippen molar-refractivity contribution in [3.05, 3.63) is 28.8 Å². The molecule has 0 atom stereocenters. The van der Waals surface area contributed by atoms with Crippen LogP contribution in [0.1, 0.15) is 5.56 Å². The van der Waals surface area contributed by atoms with Crippen molar-refractivity contribution in [2.75, 3.05) is 13.7 Å². The molecule has 3 N–H and O–H groups in total. The van der Waals surface area contributed by atoms with Gasteiger partial charge in [-0.25, -0.2) is 0 Å². The van der Waals surface area contributed by atoms with Gasteiger partial charge in [-0.15, -0.1) is 12.4 Å². The van der Waals surface area contributed by atoms with Gasteiger partial charge in [0, 0.05) is 6.54 Å². The molecule has 0 aromatic heterocycles. The van der Waals surface area contributed by atoms with Crippen LogP contribution in [0.25, 0.3) is 0 Å². The van der Waals surface area contributed by atoms with Crippen LogP contribution in [-0.4, -0.2) is 19.6 Å². The largest absolute Gasteiger partial charge is 0.495 e. The molecule has 4 nitrogen and oxygen atoms in total. The average Bonchev–Trinajstić information content (AvgIpc) is 2.26. The minimum Gasteiger partial charge on any atom is -0.495 e. The summed E-state index contributed by atoms with van der Waals surface area (Å²) in [6, 6.07) is 5.34. The summed E-state index contributed by atoms with van der Waals surface area (Å²) in [6.45, 7) is 0.406. The molecule has 0 bridgehead atoms. The van der Waals surface area contributed by atoms with Crippen molar-refractivity contribution in [2.24, 2.45) is 5.73 Å². The molecule has 0 unspecified atom stereocenters. The molecule has 90 valence electrons. The number of ether oxygens (including phenoxy) is 1. The number of carbonyl (C=O) groups is 1. The molecule has 16 heavy (non-hydrogen) atoms. The number of hydrogen-bond acceptors (Lipinski definition) is 3. The van der Waals surface area contributed by atoms with E-state index >= 15 is 0 Å². The maximum absolute atomic E-state index is 10.9. The molecule has 1 aromatic carbocycles. The molecule has 1 rings (SSSR count). The molecule has 0 aliphatic carbocycles. The standard InChI is InChI=1S/C10H13ClN2O2.ClH/c1-15-9-3-2-7(4-8(9)11)6-13-10(14)5-12;/h2-4H,5-6,12H2,1H3,(H,13,14);1H. The Hall–Kier alpha value is -0.970. The minimum atomic E-state index is -0.193. The Labute approximate surface area is 106 Å². The van der Waals surface area contributed by atoms with Gasteiger partial charge in [-0.1, -0.05) is 17.7 Å². The van der Waals surface area contributed by atoms with Crippen LogP contribution < -0.4 is 15.8 Å². The zero-order valence-corrected chi connectivity index (χ0v) is 10.4.